The molecule has 0 amide bonds. The highest BCUT2D eigenvalue weighted by atomic mass is 35.5. The molecular weight excluding hydrogens is 250 g/mol. The Bertz CT molecular complexity index is 771. The Morgan fingerprint density at radius 1 is 1.22 bits per heavy atom. The number of halogens is 1. The highest BCUT2D eigenvalue weighted by molar-refractivity contribution is 6.30. The smallest absolute Gasteiger partial charge is 0.273 e. The normalized spacial score (nSPS) is 11.0. The maximum absolute atomic E-state index is 11.9. The number of aromatic amines is 1. The zero-order valence-electron chi connectivity index (χ0n) is 9.64. The molecule has 0 saturated heterocycles. The first kappa shape index (κ1) is 11.0. The van der Waals surface area contributed by atoms with Gasteiger partial charge in [0.2, 0.25) is 0 Å². The van der Waals surface area contributed by atoms with Crippen LogP contribution in [0.5, 0.6) is 0 Å². The van der Waals surface area contributed by atoms with Crippen LogP contribution in [0.1, 0.15) is 5.69 Å². The molecule has 3 aromatic rings. The summed E-state index contributed by atoms with van der Waals surface area (Å²) in [6.45, 7) is 1.89. The SMILES string of the molecule is Cc1cc2nc(-c3ccc(Cl)cc3)cc(=O)n2[nH]1. The monoisotopic (exact) mass is 259 g/mol. The molecular formula is C13H10ClN3O. The second-order valence-electron chi connectivity index (χ2n) is 4.12. The van der Waals surface area contributed by atoms with Crippen molar-refractivity contribution in [2.24, 2.45) is 0 Å². The second-order valence-corrected chi connectivity index (χ2v) is 4.56. The molecule has 0 unspecified atom stereocenters. The highest BCUT2D eigenvalue weighted by Crippen LogP contribution is 2.19. The zero-order chi connectivity index (χ0) is 12.7. The Morgan fingerprint density at radius 2 is 1.94 bits per heavy atom. The zero-order valence-corrected chi connectivity index (χ0v) is 10.4. The number of aromatic nitrogens is 3. The van der Waals surface area contributed by atoms with Gasteiger partial charge < -0.3 is 0 Å². The maximum Gasteiger partial charge on any atom is 0.273 e. The van der Waals surface area contributed by atoms with E-state index in [4.69, 9.17) is 11.6 Å². The van der Waals surface area contributed by atoms with E-state index >= 15 is 0 Å². The minimum atomic E-state index is -0.127. The summed E-state index contributed by atoms with van der Waals surface area (Å²) in [5.41, 5.74) is 2.91. The maximum atomic E-state index is 11.9. The number of nitrogens with zero attached hydrogens (tertiary/aromatic N) is 2. The van der Waals surface area contributed by atoms with Gasteiger partial charge in [0, 0.05) is 28.4 Å². The topological polar surface area (TPSA) is 50.2 Å². The molecule has 0 aliphatic heterocycles. The van der Waals surface area contributed by atoms with Crippen molar-refractivity contribution in [3.05, 3.63) is 57.5 Å². The lowest BCUT2D eigenvalue weighted by molar-refractivity contribution is 0.882. The number of nitrogens with one attached hydrogen (secondary N) is 1. The van der Waals surface area contributed by atoms with Gasteiger partial charge in [-0.05, 0) is 19.1 Å². The summed E-state index contributed by atoms with van der Waals surface area (Å²) >= 11 is 5.84. The van der Waals surface area contributed by atoms with Crippen LogP contribution in [0.3, 0.4) is 0 Å². The van der Waals surface area contributed by atoms with Gasteiger partial charge in [0.1, 0.15) is 0 Å². The fourth-order valence-corrected chi connectivity index (χ4v) is 2.01. The standard InChI is InChI=1S/C13H10ClN3O/c1-8-6-12-15-11(7-13(18)17(12)16-8)9-2-4-10(14)5-3-9/h2-7,16H,1H3. The second kappa shape index (κ2) is 3.99. The average Bonchev–Trinajstić information content (AvgIpc) is 2.71. The number of aryl methyl sites for hydroxylation is 1. The van der Waals surface area contributed by atoms with Crippen LogP contribution >= 0.6 is 11.6 Å². The van der Waals surface area contributed by atoms with E-state index in [9.17, 15) is 4.79 Å². The third kappa shape index (κ3) is 1.80. The summed E-state index contributed by atoms with van der Waals surface area (Å²) in [7, 11) is 0. The molecule has 0 bridgehead atoms. The summed E-state index contributed by atoms with van der Waals surface area (Å²) in [5, 5.41) is 3.60. The van der Waals surface area contributed by atoms with Crippen LogP contribution in [0.15, 0.2) is 41.2 Å². The molecule has 0 aliphatic carbocycles. The number of H-pyrrole nitrogens is 1. The van der Waals surface area contributed by atoms with Gasteiger partial charge >= 0.3 is 0 Å². The van der Waals surface area contributed by atoms with Crippen molar-refractivity contribution >= 4 is 17.2 Å². The van der Waals surface area contributed by atoms with Gasteiger partial charge in [-0.3, -0.25) is 9.89 Å². The van der Waals surface area contributed by atoms with E-state index in [1.54, 1.807) is 12.1 Å². The Balaban J connectivity index is 2.24. The van der Waals surface area contributed by atoms with E-state index < -0.39 is 0 Å². The lowest BCUT2D eigenvalue weighted by atomic mass is 10.1. The van der Waals surface area contributed by atoms with Crippen molar-refractivity contribution in [1.29, 1.82) is 0 Å². The third-order valence-corrected chi connectivity index (χ3v) is 2.97. The van der Waals surface area contributed by atoms with Crippen molar-refractivity contribution in [3.63, 3.8) is 0 Å². The van der Waals surface area contributed by atoms with Crippen LogP contribution in [-0.2, 0) is 0 Å². The van der Waals surface area contributed by atoms with Crippen LogP contribution in [0.25, 0.3) is 16.9 Å². The van der Waals surface area contributed by atoms with E-state index in [1.165, 1.54) is 10.6 Å². The Labute approximate surface area is 108 Å². The van der Waals surface area contributed by atoms with Crippen molar-refractivity contribution in [1.82, 2.24) is 14.6 Å². The van der Waals surface area contributed by atoms with E-state index in [2.05, 4.69) is 10.1 Å². The number of rotatable bonds is 1. The molecule has 1 aromatic carbocycles. The van der Waals surface area contributed by atoms with Crippen LogP contribution < -0.4 is 5.56 Å². The molecule has 90 valence electrons. The number of benzene rings is 1. The predicted octanol–water partition coefficient (Wildman–Crippen LogP) is 2.65. The van der Waals surface area contributed by atoms with Gasteiger partial charge in [-0.15, -0.1) is 0 Å². The highest BCUT2D eigenvalue weighted by Gasteiger charge is 2.06. The lowest BCUT2D eigenvalue weighted by Crippen LogP contribution is -2.14. The van der Waals surface area contributed by atoms with Crippen molar-refractivity contribution < 1.29 is 0 Å². The van der Waals surface area contributed by atoms with Crippen LogP contribution in [-0.4, -0.2) is 14.6 Å². The molecule has 0 spiro atoms. The molecule has 18 heavy (non-hydrogen) atoms. The molecule has 2 heterocycles. The fraction of sp³-hybridized carbons (Fsp3) is 0.0769. The summed E-state index contributed by atoms with van der Waals surface area (Å²) in [6.07, 6.45) is 0. The van der Waals surface area contributed by atoms with E-state index in [-0.39, 0.29) is 5.56 Å². The predicted molar refractivity (Wildman–Crippen MR) is 71.0 cm³/mol. The molecule has 0 saturated carbocycles. The first-order chi connectivity index (χ1) is 8.63. The molecule has 3 rings (SSSR count). The van der Waals surface area contributed by atoms with Crippen LogP contribution in [0, 0.1) is 6.92 Å². The largest absolute Gasteiger partial charge is 0.294 e. The summed E-state index contributed by atoms with van der Waals surface area (Å²) < 4.78 is 1.43. The molecule has 2 aromatic heterocycles. The Morgan fingerprint density at radius 3 is 2.67 bits per heavy atom. The summed E-state index contributed by atoms with van der Waals surface area (Å²) in [5.74, 6) is 0. The minimum absolute atomic E-state index is 0.127. The Kier molecular flexibility index (Phi) is 2.45. The molecule has 5 heteroatoms. The van der Waals surface area contributed by atoms with Crippen molar-refractivity contribution in [2.75, 3.05) is 0 Å². The first-order valence-electron chi connectivity index (χ1n) is 5.49. The number of fused-ring (bicyclic) bond motifs is 1. The van der Waals surface area contributed by atoms with Crippen LogP contribution in [0.2, 0.25) is 5.02 Å². The summed E-state index contributed by atoms with van der Waals surface area (Å²) in [6, 6.07) is 10.6. The van der Waals surface area contributed by atoms with Crippen molar-refractivity contribution in [3.8, 4) is 11.3 Å². The van der Waals surface area contributed by atoms with Gasteiger partial charge in [0.15, 0.2) is 5.65 Å². The van der Waals surface area contributed by atoms with Crippen molar-refractivity contribution in [2.45, 2.75) is 6.92 Å². The van der Waals surface area contributed by atoms with E-state index in [1.807, 2.05) is 25.1 Å². The summed E-state index contributed by atoms with van der Waals surface area (Å²) in [4.78, 5) is 16.4. The molecule has 0 radical (unpaired) electrons. The lowest BCUT2D eigenvalue weighted by Gasteiger charge is -2.01. The van der Waals surface area contributed by atoms with Gasteiger partial charge in [-0.2, -0.15) is 0 Å². The van der Waals surface area contributed by atoms with E-state index in [0.29, 0.717) is 16.4 Å². The molecule has 0 aliphatic rings. The molecule has 1 N–H and O–H groups in total. The van der Waals surface area contributed by atoms with E-state index in [0.717, 1.165) is 11.3 Å². The van der Waals surface area contributed by atoms with Gasteiger partial charge in [-0.25, -0.2) is 9.50 Å². The van der Waals surface area contributed by atoms with Gasteiger partial charge in [0.25, 0.3) is 5.56 Å². The quantitative estimate of drug-likeness (QED) is 0.730. The third-order valence-electron chi connectivity index (χ3n) is 2.72. The molecule has 0 fully saturated rings. The number of hydrogen-bond acceptors (Lipinski definition) is 2. The minimum Gasteiger partial charge on any atom is -0.294 e. The molecule has 4 nitrogen and oxygen atoms in total. The average molecular weight is 260 g/mol. The van der Waals surface area contributed by atoms with Crippen LogP contribution in [0.4, 0.5) is 0 Å². The number of hydrogen-bond donors (Lipinski definition) is 1. The first-order valence-corrected chi connectivity index (χ1v) is 5.87. The molecule has 0 atom stereocenters. The Hall–Kier alpha value is -2.07. The van der Waals surface area contributed by atoms with Gasteiger partial charge in [-0.1, -0.05) is 23.7 Å². The fourth-order valence-electron chi connectivity index (χ4n) is 1.88. The van der Waals surface area contributed by atoms with Gasteiger partial charge in [0.05, 0.1) is 5.69 Å².